The van der Waals surface area contributed by atoms with Crippen LogP contribution in [-0.4, -0.2) is 22.2 Å². The third-order valence-electron chi connectivity index (χ3n) is 4.52. The molecule has 2 atom stereocenters. The molecular weight excluding hydrogens is 220 g/mol. The molecule has 0 aromatic carbocycles. The molecule has 4 nitrogen and oxygen atoms in total. The summed E-state index contributed by atoms with van der Waals surface area (Å²) in [5.74, 6) is -0.656. The minimum Gasteiger partial charge on any atom is -0.481 e. The molecule has 2 N–H and O–H groups in total. The van der Waals surface area contributed by atoms with Crippen LogP contribution in [0.15, 0.2) is 0 Å². The Bertz CT molecular complexity index is 311. The lowest BCUT2D eigenvalue weighted by Gasteiger charge is -2.44. The van der Waals surface area contributed by atoms with Crippen LogP contribution in [0.4, 0.5) is 0 Å². The second-order valence-corrected chi connectivity index (χ2v) is 5.79. The van der Waals surface area contributed by atoms with Gasteiger partial charge in [0.05, 0.1) is 5.41 Å². The van der Waals surface area contributed by atoms with Crippen LogP contribution in [0, 0.1) is 17.3 Å². The molecule has 2 aliphatic carbocycles. The highest BCUT2D eigenvalue weighted by Crippen LogP contribution is 2.51. The molecule has 0 amide bonds. The van der Waals surface area contributed by atoms with Crippen molar-refractivity contribution in [2.45, 2.75) is 51.4 Å². The summed E-state index contributed by atoms with van der Waals surface area (Å²) in [5.41, 5.74) is -0.758. The lowest BCUT2D eigenvalue weighted by molar-refractivity contribution is -0.156. The van der Waals surface area contributed by atoms with E-state index in [1.165, 1.54) is 6.42 Å². The first-order chi connectivity index (χ1) is 8.02. The standard InChI is InChI=1S/C13H20O4/c14-11(15)4-5-13(12(16)17)7-9-2-1-3-10(6-9)8-13/h9-10H,1-8H2,(H,14,15)(H,16,17). The minimum absolute atomic E-state index is 0.0221. The molecule has 0 aromatic heterocycles. The van der Waals surface area contributed by atoms with Gasteiger partial charge in [-0.3, -0.25) is 9.59 Å². The van der Waals surface area contributed by atoms with Crippen molar-refractivity contribution < 1.29 is 19.8 Å². The van der Waals surface area contributed by atoms with Crippen molar-refractivity contribution in [3.63, 3.8) is 0 Å². The molecule has 96 valence electrons. The fraction of sp³-hybridized carbons (Fsp3) is 0.846. The van der Waals surface area contributed by atoms with Crippen LogP contribution < -0.4 is 0 Å². The first kappa shape index (κ1) is 12.4. The fourth-order valence-electron chi connectivity index (χ4n) is 3.79. The largest absolute Gasteiger partial charge is 0.481 e. The van der Waals surface area contributed by atoms with Crippen molar-refractivity contribution in [2.75, 3.05) is 0 Å². The van der Waals surface area contributed by atoms with E-state index in [9.17, 15) is 14.7 Å². The summed E-state index contributed by atoms with van der Waals surface area (Å²) in [7, 11) is 0. The van der Waals surface area contributed by atoms with Gasteiger partial charge >= 0.3 is 11.9 Å². The molecule has 0 radical (unpaired) electrons. The van der Waals surface area contributed by atoms with Crippen LogP contribution in [0.3, 0.4) is 0 Å². The molecule has 4 heteroatoms. The average Bonchev–Trinajstić information content (AvgIpc) is 2.25. The summed E-state index contributed by atoms with van der Waals surface area (Å²) in [6.45, 7) is 0. The van der Waals surface area contributed by atoms with E-state index in [2.05, 4.69) is 0 Å². The Morgan fingerprint density at radius 2 is 1.71 bits per heavy atom. The van der Waals surface area contributed by atoms with Gasteiger partial charge in [0.2, 0.25) is 0 Å². The predicted octanol–water partition coefficient (Wildman–Crippen LogP) is 2.52. The molecule has 2 unspecified atom stereocenters. The number of aliphatic carboxylic acids is 2. The van der Waals surface area contributed by atoms with Crippen LogP contribution in [0.1, 0.15) is 51.4 Å². The Balaban J connectivity index is 2.11. The van der Waals surface area contributed by atoms with E-state index in [0.29, 0.717) is 31.1 Å². The second kappa shape index (κ2) is 4.67. The highest BCUT2D eigenvalue weighted by atomic mass is 16.4. The zero-order valence-electron chi connectivity index (χ0n) is 10.0. The quantitative estimate of drug-likeness (QED) is 0.791. The zero-order chi connectivity index (χ0) is 12.5. The fourth-order valence-corrected chi connectivity index (χ4v) is 3.79. The first-order valence-corrected chi connectivity index (χ1v) is 6.47. The maximum Gasteiger partial charge on any atom is 0.309 e. The van der Waals surface area contributed by atoms with Crippen molar-refractivity contribution in [2.24, 2.45) is 17.3 Å². The van der Waals surface area contributed by atoms with E-state index in [-0.39, 0.29) is 6.42 Å². The molecule has 2 saturated carbocycles. The summed E-state index contributed by atoms with van der Waals surface area (Å²) in [5, 5.41) is 18.2. The van der Waals surface area contributed by atoms with Crippen LogP contribution in [-0.2, 0) is 9.59 Å². The third kappa shape index (κ3) is 2.61. The summed E-state index contributed by atoms with van der Waals surface area (Å²) in [4.78, 5) is 22.2. The number of hydrogen-bond acceptors (Lipinski definition) is 2. The van der Waals surface area contributed by atoms with Crippen molar-refractivity contribution in [3.8, 4) is 0 Å². The lowest BCUT2D eigenvalue weighted by Crippen LogP contribution is -2.41. The third-order valence-corrected chi connectivity index (χ3v) is 4.52. The highest BCUT2D eigenvalue weighted by molar-refractivity contribution is 5.76. The van der Waals surface area contributed by atoms with Gasteiger partial charge in [0, 0.05) is 6.42 Å². The minimum atomic E-state index is -0.888. The van der Waals surface area contributed by atoms with Gasteiger partial charge < -0.3 is 10.2 Å². The van der Waals surface area contributed by atoms with Gasteiger partial charge in [-0.05, 0) is 37.5 Å². The summed E-state index contributed by atoms with van der Waals surface area (Å²) < 4.78 is 0. The number of carbonyl (C=O) groups is 2. The topological polar surface area (TPSA) is 74.6 Å². The van der Waals surface area contributed by atoms with Crippen LogP contribution in [0.5, 0.6) is 0 Å². The van der Waals surface area contributed by atoms with Crippen molar-refractivity contribution in [1.29, 1.82) is 0 Å². The van der Waals surface area contributed by atoms with Crippen molar-refractivity contribution in [1.82, 2.24) is 0 Å². The van der Waals surface area contributed by atoms with E-state index < -0.39 is 17.4 Å². The van der Waals surface area contributed by atoms with E-state index in [4.69, 9.17) is 5.11 Å². The summed E-state index contributed by atoms with van der Waals surface area (Å²) in [6, 6.07) is 0. The zero-order valence-corrected chi connectivity index (χ0v) is 10.0. The molecule has 2 rings (SSSR count). The Labute approximate surface area is 101 Å². The van der Waals surface area contributed by atoms with E-state index in [1.54, 1.807) is 0 Å². The highest BCUT2D eigenvalue weighted by Gasteiger charge is 2.47. The molecule has 2 fully saturated rings. The Morgan fingerprint density at radius 1 is 1.12 bits per heavy atom. The molecule has 2 bridgehead atoms. The summed E-state index contributed by atoms with van der Waals surface area (Å²) >= 11 is 0. The second-order valence-electron chi connectivity index (χ2n) is 5.79. The molecule has 17 heavy (non-hydrogen) atoms. The van der Waals surface area contributed by atoms with Crippen LogP contribution >= 0.6 is 0 Å². The molecule has 0 aliphatic heterocycles. The summed E-state index contributed by atoms with van der Waals surface area (Å²) in [6.07, 6.45) is 6.26. The lowest BCUT2D eigenvalue weighted by atomic mass is 9.59. The van der Waals surface area contributed by atoms with Gasteiger partial charge in [-0.15, -0.1) is 0 Å². The molecule has 2 aliphatic rings. The Morgan fingerprint density at radius 3 is 2.18 bits per heavy atom. The van der Waals surface area contributed by atoms with Gasteiger partial charge in [-0.25, -0.2) is 0 Å². The van der Waals surface area contributed by atoms with E-state index >= 15 is 0 Å². The number of fused-ring (bicyclic) bond motifs is 2. The molecule has 0 heterocycles. The van der Waals surface area contributed by atoms with Gasteiger partial charge in [0.15, 0.2) is 0 Å². The maximum absolute atomic E-state index is 11.5. The number of carboxylic acids is 2. The first-order valence-electron chi connectivity index (χ1n) is 6.47. The van der Waals surface area contributed by atoms with Crippen molar-refractivity contribution in [3.05, 3.63) is 0 Å². The van der Waals surface area contributed by atoms with E-state index in [1.807, 2.05) is 0 Å². The van der Waals surface area contributed by atoms with Crippen LogP contribution in [0.2, 0.25) is 0 Å². The molecule has 0 saturated heterocycles. The van der Waals surface area contributed by atoms with Crippen LogP contribution in [0.25, 0.3) is 0 Å². The smallest absolute Gasteiger partial charge is 0.309 e. The van der Waals surface area contributed by atoms with E-state index in [0.717, 1.165) is 19.3 Å². The Kier molecular flexibility index (Phi) is 3.40. The van der Waals surface area contributed by atoms with Gasteiger partial charge in [-0.1, -0.05) is 19.3 Å². The van der Waals surface area contributed by atoms with Crippen molar-refractivity contribution >= 4 is 11.9 Å². The number of carboxylic acid groups (broad SMARTS) is 2. The van der Waals surface area contributed by atoms with Gasteiger partial charge in [0.1, 0.15) is 0 Å². The monoisotopic (exact) mass is 240 g/mol. The number of rotatable bonds is 4. The molecule has 0 spiro atoms. The average molecular weight is 240 g/mol. The maximum atomic E-state index is 11.5. The molecule has 0 aromatic rings. The SMILES string of the molecule is O=C(O)CCC1(C(=O)O)CC2CCCC(C2)C1. The van der Waals surface area contributed by atoms with Gasteiger partial charge in [-0.2, -0.15) is 0 Å². The number of hydrogen-bond donors (Lipinski definition) is 2. The normalized spacial score (nSPS) is 36.5. The molecular formula is C13H20O4. The predicted molar refractivity (Wildman–Crippen MR) is 61.6 cm³/mol. The Hall–Kier alpha value is -1.06. The van der Waals surface area contributed by atoms with Gasteiger partial charge in [0.25, 0.3) is 0 Å².